The van der Waals surface area contributed by atoms with Crippen LogP contribution in [0.1, 0.15) is 63.5 Å². The number of amides is 1. The molecule has 1 saturated carbocycles. The van der Waals surface area contributed by atoms with E-state index in [4.69, 9.17) is 0 Å². The summed E-state index contributed by atoms with van der Waals surface area (Å²) >= 11 is 1.83. The van der Waals surface area contributed by atoms with Gasteiger partial charge in [0.05, 0.1) is 17.8 Å². The molecular formula is C25H34FN5O5S2. The molecule has 13 heteroatoms. The number of nitrogens with zero attached hydrogens (tertiary/aromatic N) is 4. The molecule has 0 unspecified atom stereocenters. The number of sulfonamides is 1. The van der Waals surface area contributed by atoms with Crippen molar-refractivity contribution in [2.45, 2.75) is 69.5 Å². The SMILES string of the molecule is CS(=O)(=O)N1CCC(C(=O)N[C@H]2CC[C@@H](n3c(=O)c4cc(F)cnc4n(C4CCSCC4)c3=O)CC2)CC1. The van der Waals surface area contributed by atoms with E-state index in [9.17, 15) is 27.2 Å². The fraction of sp³-hybridized carbons (Fsp3) is 0.680. The summed E-state index contributed by atoms with van der Waals surface area (Å²) in [4.78, 5) is 44.1. The molecule has 0 radical (unpaired) electrons. The van der Waals surface area contributed by atoms with Crippen molar-refractivity contribution in [2.75, 3.05) is 30.9 Å². The van der Waals surface area contributed by atoms with E-state index in [0.29, 0.717) is 51.6 Å². The maximum Gasteiger partial charge on any atom is 0.333 e. The minimum atomic E-state index is -3.25. The van der Waals surface area contributed by atoms with Crippen LogP contribution in [0.2, 0.25) is 0 Å². The van der Waals surface area contributed by atoms with Crippen LogP contribution in [0.25, 0.3) is 11.0 Å². The third-order valence-electron chi connectivity index (χ3n) is 8.18. The van der Waals surface area contributed by atoms with Crippen LogP contribution in [0.4, 0.5) is 4.39 Å². The van der Waals surface area contributed by atoms with Gasteiger partial charge in [-0.2, -0.15) is 11.8 Å². The molecule has 1 N–H and O–H groups in total. The zero-order valence-corrected chi connectivity index (χ0v) is 23.1. The van der Waals surface area contributed by atoms with Crippen LogP contribution in [0, 0.1) is 11.7 Å². The summed E-state index contributed by atoms with van der Waals surface area (Å²) in [6.07, 6.45) is 7.12. The Hall–Kier alpha value is -2.25. The zero-order chi connectivity index (χ0) is 27.0. The van der Waals surface area contributed by atoms with Crippen molar-refractivity contribution < 1.29 is 17.6 Å². The van der Waals surface area contributed by atoms with Gasteiger partial charge in [-0.25, -0.2) is 26.9 Å². The Bertz CT molecular complexity index is 1420. The van der Waals surface area contributed by atoms with Crippen molar-refractivity contribution in [3.63, 3.8) is 0 Å². The first kappa shape index (κ1) is 27.3. The molecule has 3 fully saturated rings. The lowest BCUT2D eigenvalue weighted by Crippen LogP contribution is -2.48. The van der Waals surface area contributed by atoms with Gasteiger partial charge in [-0.1, -0.05) is 0 Å². The number of thioether (sulfide) groups is 1. The first-order valence-corrected chi connectivity index (χ1v) is 16.3. The second kappa shape index (κ2) is 11.1. The molecule has 1 amide bonds. The first-order chi connectivity index (χ1) is 18.1. The topological polar surface area (TPSA) is 123 Å². The summed E-state index contributed by atoms with van der Waals surface area (Å²) < 4.78 is 41.9. The van der Waals surface area contributed by atoms with Crippen LogP contribution < -0.4 is 16.6 Å². The summed E-state index contributed by atoms with van der Waals surface area (Å²) in [5.41, 5.74) is -0.649. The maximum absolute atomic E-state index is 14.1. The van der Waals surface area contributed by atoms with E-state index in [1.807, 2.05) is 11.8 Å². The Morgan fingerprint density at radius 3 is 2.26 bits per heavy atom. The van der Waals surface area contributed by atoms with Crippen LogP contribution >= 0.6 is 11.8 Å². The predicted molar refractivity (Wildman–Crippen MR) is 144 cm³/mol. The van der Waals surface area contributed by atoms with Crippen molar-refractivity contribution in [3.8, 4) is 0 Å². The van der Waals surface area contributed by atoms with Crippen LogP contribution in [0.3, 0.4) is 0 Å². The van der Waals surface area contributed by atoms with Crippen molar-refractivity contribution in [1.29, 1.82) is 0 Å². The summed E-state index contributed by atoms with van der Waals surface area (Å²) in [6, 6.07) is 0.689. The lowest BCUT2D eigenvalue weighted by Gasteiger charge is -2.33. The van der Waals surface area contributed by atoms with Crippen molar-refractivity contribution in [1.82, 2.24) is 23.7 Å². The standard InChI is InChI=1S/C25H34FN5O5S2/c1-38(35,36)29-10-6-16(7-11-29)23(32)28-18-2-4-19(5-3-18)31-24(33)21-14-17(26)15-27-22(21)30(25(31)34)20-8-12-37-13-9-20/h14-16,18-20H,2-13H2,1H3,(H,28,32)/t18-,19+. The fourth-order valence-electron chi connectivity index (χ4n) is 6.05. The predicted octanol–water partition coefficient (Wildman–Crippen LogP) is 2.04. The molecular weight excluding hydrogens is 533 g/mol. The molecule has 10 nitrogen and oxygen atoms in total. The smallest absolute Gasteiger partial charge is 0.333 e. The summed E-state index contributed by atoms with van der Waals surface area (Å²) in [5.74, 6) is 0.925. The quantitative estimate of drug-likeness (QED) is 0.587. The van der Waals surface area contributed by atoms with Crippen molar-refractivity contribution in [3.05, 3.63) is 38.9 Å². The highest BCUT2D eigenvalue weighted by Crippen LogP contribution is 2.30. The average molecular weight is 568 g/mol. The van der Waals surface area contributed by atoms with E-state index in [0.717, 1.165) is 30.5 Å². The normalized spacial score (nSPS) is 24.5. The molecule has 3 aliphatic rings. The molecule has 0 spiro atoms. The van der Waals surface area contributed by atoms with E-state index in [-0.39, 0.29) is 46.7 Å². The molecule has 0 bridgehead atoms. The van der Waals surface area contributed by atoms with Gasteiger partial charge in [-0.05, 0) is 68.9 Å². The molecule has 2 saturated heterocycles. The van der Waals surface area contributed by atoms with Gasteiger partial charge in [0.1, 0.15) is 11.5 Å². The zero-order valence-electron chi connectivity index (χ0n) is 21.5. The Kier molecular flexibility index (Phi) is 7.97. The molecule has 208 valence electrons. The fourth-order valence-corrected chi connectivity index (χ4v) is 8.00. The minimum Gasteiger partial charge on any atom is -0.353 e. The lowest BCUT2D eigenvalue weighted by molar-refractivity contribution is -0.127. The number of nitrogens with one attached hydrogen (secondary N) is 1. The van der Waals surface area contributed by atoms with E-state index in [1.54, 1.807) is 4.57 Å². The second-order valence-electron chi connectivity index (χ2n) is 10.6. The van der Waals surface area contributed by atoms with Gasteiger partial charge in [0.15, 0.2) is 0 Å². The van der Waals surface area contributed by atoms with Gasteiger partial charge in [-0.15, -0.1) is 0 Å². The Labute approximate surface area is 225 Å². The number of hydrogen-bond acceptors (Lipinski definition) is 7. The number of carbonyl (C=O) groups excluding carboxylic acids is 1. The van der Waals surface area contributed by atoms with E-state index in [1.165, 1.54) is 21.2 Å². The lowest BCUT2D eigenvalue weighted by atomic mass is 9.89. The molecule has 4 heterocycles. The molecule has 2 aromatic rings. The van der Waals surface area contributed by atoms with Gasteiger partial charge >= 0.3 is 5.69 Å². The van der Waals surface area contributed by atoms with Gasteiger partial charge < -0.3 is 5.32 Å². The summed E-state index contributed by atoms with van der Waals surface area (Å²) in [5, 5.41) is 3.23. The average Bonchev–Trinajstić information content (AvgIpc) is 2.90. The van der Waals surface area contributed by atoms with E-state index < -0.39 is 21.4 Å². The molecule has 2 aliphatic heterocycles. The van der Waals surface area contributed by atoms with Crippen LogP contribution in [0.5, 0.6) is 0 Å². The number of halogens is 1. The molecule has 0 atom stereocenters. The van der Waals surface area contributed by atoms with E-state index in [2.05, 4.69) is 10.3 Å². The highest BCUT2D eigenvalue weighted by Gasteiger charge is 2.33. The highest BCUT2D eigenvalue weighted by atomic mass is 32.2. The Balaban J connectivity index is 1.31. The first-order valence-electron chi connectivity index (χ1n) is 13.3. The second-order valence-corrected chi connectivity index (χ2v) is 13.9. The van der Waals surface area contributed by atoms with Gasteiger partial charge in [-0.3, -0.25) is 18.7 Å². The number of hydrogen-bond donors (Lipinski definition) is 1. The summed E-state index contributed by atoms with van der Waals surface area (Å²) in [7, 11) is -3.25. The highest BCUT2D eigenvalue weighted by molar-refractivity contribution is 7.99. The number of piperidine rings is 1. The molecule has 38 heavy (non-hydrogen) atoms. The minimum absolute atomic E-state index is 0.0662. The van der Waals surface area contributed by atoms with Gasteiger partial charge in [0.25, 0.3) is 5.56 Å². The number of aromatic nitrogens is 3. The maximum atomic E-state index is 14.1. The Morgan fingerprint density at radius 2 is 1.63 bits per heavy atom. The number of carbonyl (C=O) groups is 1. The third kappa shape index (κ3) is 5.55. The third-order valence-corrected chi connectivity index (χ3v) is 10.5. The van der Waals surface area contributed by atoms with Gasteiger partial charge in [0, 0.05) is 37.1 Å². The van der Waals surface area contributed by atoms with Crippen LogP contribution in [-0.4, -0.2) is 69.6 Å². The Morgan fingerprint density at radius 1 is 1.00 bits per heavy atom. The van der Waals surface area contributed by atoms with Crippen LogP contribution in [-0.2, 0) is 14.8 Å². The van der Waals surface area contributed by atoms with E-state index >= 15 is 0 Å². The largest absolute Gasteiger partial charge is 0.353 e. The molecule has 0 aromatic carbocycles. The van der Waals surface area contributed by atoms with Crippen LogP contribution in [0.15, 0.2) is 21.9 Å². The van der Waals surface area contributed by atoms with Crippen molar-refractivity contribution >= 4 is 38.7 Å². The molecule has 5 rings (SSSR count). The molecule has 2 aromatic heterocycles. The molecule has 1 aliphatic carbocycles. The number of rotatable bonds is 5. The van der Waals surface area contributed by atoms with Gasteiger partial charge in [0.2, 0.25) is 15.9 Å². The van der Waals surface area contributed by atoms with Crippen molar-refractivity contribution in [2.24, 2.45) is 5.92 Å². The summed E-state index contributed by atoms with van der Waals surface area (Å²) in [6.45, 7) is 0.686. The monoisotopic (exact) mass is 567 g/mol. The number of fused-ring (bicyclic) bond motifs is 1. The number of pyridine rings is 1.